The van der Waals surface area contributed by atoms with E-state index in [4.69, 9.17) is 9.47 Å². The lowest BCUT2D eigenvalue weighted by Crippen LogP contribution is -2.60. The Morgan fingerprint density at radius 2 is 0.893 bits per heavy atom. The fourth-order valence-electron chi connectivity index (χ4n) is 7.87. The van der Waals surface area contributed by atoms with Crippen molar-refractivity contribution in [1.82, 2.24) is 5.32 Å². The van der Waals surface area contributed by atoms with Gasteiger partial charge in [0, 0.05) is 0 Å². The highest BCUT2D eigenvalue weighted by Gasteiger charge is 2.44. The quantitative estimate of drug-likeness (QED) is 0.0299. The molecule has 8 atom stereocenters. The first-order valence-corrected chi connectivity index (χ1v) is 23.8. The summed E-state index contributed by atoms with van der Waals surface area (Å²) in [5.41, 5.74) is 0. The minimum atomic E-state index is -1.59. The molecule has 0 aromatic heterocycles. The summed E-state index contributed by atoms with van der Waals surface area (Å²) in [6.45, 7) is 3.68. The van der Waals surface area contributed by atoms with E-state index in [0.29, 0.717) is 12.8 Å². The Morgan fingerprint density at radius 1 is 0.536 bits per heavy atom. The molecule has 0 aromatic rings. The van der Waals surface area contributed by atoms with E-state index in [0.717, 1.165) is 38.5 Å². The number of ether oxygens (including phenoxy) is 2. The third-order valence-corrected chi connectivity index (χ3v) is 11.8. The van der Waals surface area contributed by atoms with Crippen LogP contribution in [0.1, 0.15) is 226 Å². The average Bonchev–Trinajstić information content (AvgIpc) is 3.20. The molecule has 56 heavy (non-hydrogen) atoms. The van der Waals surface area contributed by atoms with E-state index in [1.54, 1.807) is 0 Å². The van der Waals surface area contributed by atoms with Gasteiger partial charge in [0.2, 0.25) is 5.91 Å². The number of hydrogen-bond acceptors (Lipinski definition) is 9. The number of amides is 1. The van der Waals surface area contributed by atoms with Crippen LogP contribution in [0.15, 0.2) is 0 Å². The maximum Gasteiger partial charge on any atom is 0.249 e. The van der Waals surface area contributed by atoms with Crippen molar-refractivity contribution in [1.29, 1.82) is 0 Å². The van der Waals surface area contributed by atoms with Gasteiger partial charge in [-0.1, -0.05) is 213 Å². The maximum atomic E-state index is 13.1. The second-order valence-corrected chi connectivity index (χ2v) is 17.1. The zero-order chi connectivity index (χ0) is 41.1. The summed E-state index contributed by atoms with van der Waals surface area (Å²) in [7, 11) is 0. The molecule has 1 rings (SSSR count). The van der Waals surface area contributed by atoms with Gasteiger partial charge < -0.3 is 45.4 Å². The first kappa shape index (κ1) is 53.2. The number of aliphatic hydroxyl groups excluding tert-OH is 6. The number of carbonyl (C=O) groups is 1. The number of carbonyl (C=O) groups excluding carboxylic acids is 1. The minimum absolute atomic E-state index is 0.250. The van der Waals surface area contributed by atoms with Gasteiger partial charge in [-0.15, -0.1) is 0 Å². The molecule has 0 spiro atoms. The lowest BCUT2D eigenvalue weighted by atomic mass is 9.99. The molecule has 1 fully saturated rings. The summed E-state index contributed by atoms with van der Waals surface area (Å²) in [4.78, 5) is 13.1. The summed E-state index contributed by atoms with van der Waals surface area (Å²) in [5, 5.41) is 64.9. The van der Waals surface area contributed by atoms with Crippen LogP contribution in [0, 0.1) is 0 Å². The standard InChI is InChI=1S/C46H91NO9/c1-3-5-7-9-11-13-15-17-19-20-21-23-24-26-28-30-32-34-39(49)38(37-55-46-44(53)43(52)42(51)41(36-48)56-46)47-45(54)40(50)35-33-31-29-27-25-22-18-16-14-12-10-8-6-4-2/h38-44,46,48-53H,3-37H2,1-2H3,(H,47,54). The highest BCUT2D eigenvalue weighted by atomic mass is 16.7. The van der Waals surface area contributed by atoms with Gasteiger partial charge in [0.25, 0.3) is 0 Å². The third kappa shape index (κ3) is 27.0. The second kappa shape index (κ2) is 37.2. The predicted octanol–water partition coefficient (Wildman–Crippen LogP) is 8.92. The molecule has 1 aliphatic rings. The van der Waals surface area contributed by atoms with Gasteiger partial charge in [0.15, 0.2) is 6.29 Å². The summed E-state index contributed by atoms with van der Waals surface area (Å²) >= 11 is 0. The van der Waals surface area contributed by atoms with E-state index in [1.165, 1.54) is 161 Å². The molecule has 0 radical (unpaired) electrons. The predicted molar refractivity (Wildman–Crippen MR) is 227 cm³/mol. The zero-order valence-electron chi connectivity index (χ0n) is 36.3. The summed E-state index contributed by atoms with van der Waals surface area (Å²) in [5.74, 6) is -0.580. The van der Waals surface area contributed by atoms with Crippen LogP contribution in [0.25, 0.3) is 0 Å². The molecule has 0 aliphatic carbocycles. The molecule has 0 aromatic carbocycles. The van der Waals surface area contributed by atoms with E-state index in [-0.39, 0.29) is 6.61 Å². The highest BCUT2D eigenvalue weighted by molar-refractivity contribution is 5.80. The lowest BCUT2D eigenvalue weighted by Gasteiger charge is -2.40. The molecule has 10 nitrogen and oxygen atoms in total. The minimum Gasteiger partial charge on any atom is -0.394 e. The van der Waals surface area contributed by atoms with Gasteiger partial charge in [-0.25, -0.2) is 0 Å². The van der Waals surface area contributed by atoms with Crippen LogP contribution < -0.4 is 5.32 Å². The Balaban J connectivity index is 2.37. The molecule has 1 amide bonds. The Labute approximate surface area is 343 Å². The average molecular weight is 802 g/mol. The normalized spacial score (nSPS) is 21.6. The largest absolute Gasteiger partial charge is 0.394 e. The van der Waals surface area contributed by atoms with Gasteiger partial charge in [-0.3, -0.25) is 4.79 Å². The van der Waals surface area contributed by atoms with Crippen LogP contribution in [0.5, 0.6) is 0 Å². The highest BCUT2D eigenvalue weighted by Crippen LogP contribution is 2.23. The van der Waals surface area contributed by atoms with Gasteiger partial charge >= 0.3 is 0 Å². The van der Waals surface area contributed by atoms with Crippen molar-refractivity contribution in [3.05, 3.63) is 0 Å². The molecule has 8 unspecified atom stereocenters. The zero-order valence-corrected chi connectivity index (χ0v) is 36.3. The fraction of sp³-hybridized carbons (Fsp3) is 0.978. The summed E-state index contributed by atoms with van der Waals surface area (Å²) in [6, 6.07) is -0.887. The molecule has 10 heteroatoms. The Hall–Kier alpha value is -0.850. The number of nitrogens with one attached hydrogen (secondary N) is 1. The van der Waals surface area contributed by atoms with Crippen molar-refractivity contribution in [2.75, 3.05) is 13.2 Å². The summed E-state index contributed by atoms with van der Waals surface area (Å²) < 4.78 is 11.2. The molecule has 0 saturated carbocycles. The van der Waals surface area contributed by atoms with Crippen LogP contribution in [-0.4, -0.2) is 98.7 Å². The van der Waals surface area contributed by atoms with E-state index in [1.807, 2.05) is 0 Å². The molecule has 1 saturated heterocycles. The number of rotatable bonds is 40. The van der Waals surface area contributed by atoms with Crippen molar-refractivity contribution in [2.24, 2.45) is 0 Å². The molecular weight excluding hydrogens is 711 g/mol. The van der Waals surface area contributed by atoms with Crippen molar-refractivity contribution in [3.63, 3.8) is 0 Å². The molecule has 334 valence electrons. The molecule has 7 N–H and O–H groups in total. The van der Waals surface area contributed by atoms with Crippen molar-refractivity contribution in [2.45, 2.75) is 275 Å². The first-order chi connectivity index (χ1) is 27.3. The smallest absolute Gasteiger partial charge is 0.249 e. The second-order valence-electron chi connectivity index (χ2n) is 17.1. The Bertz CT molecular complexity index is 864. The Kier molecular flexibility index (Phi) is 35.3. The van der Waals surface area contributed by atoms with Crippen LogP contribution >= 0.6 is 0 Å². The van der Waals surface area contributed by atoms with Crippen LogP contribution in [-0.2, 0) is 14.3 Å². The number of aliphatic hydroxyl groups is 6. The molecule has 1 aliphatic heterocycles. The van der Waals surface area contributed by atoms with Crippen molar-refractivity contribution < 1.29 is 44.9 Å². The van der Waals surface area contributed by atoms with E-state index in [9.17, 15) is 35.4 Å². The summed E-state index contributed by atoms with van der Waals surface area (Å²) in [6.07, 6.45) is 30.0. The van der Waals surface area contributed by atoms with Gasteiger partial charge in [0.1, 0.15) is 30.5 Å². The van der Waals surface area contributed by atoms with Crippen LogP contribution in [0.4, 0.5) is 0 Å². The van der Waals surface area contributed by atoms with Gasteiger partial charge in [-0.2, -0.15) is 0 Å². The number of hydrogen-bond donors (Lipinski definition) is 7. The monoisotopic (exact) mass is 802 g/mol. The third-order valence-electron chi connectivity index (χ3n) is 11.8. The van der Waals surface area contributed by atoms with Gasteiger partial charge in [-0.05, 0) is 12.8 Å². The van der Waals surface area contributed by atoms with E-state index < -0.39 is 61.5 Å². The van der Waals surface area contributed by atoms with E-state index >= 15 is 0 Å². The van der Waals surface area contributed by atoms with Crippen molar-refractivity contribution in [3.8, 4) is 0 Å². The maximum absolute atomic E-state index is 13.1. The molecule has 1 heterocycles. The SMILES string of the molecule is CCCCCCCCCCCCCCCCCCCC(O)C(COC1OC(CO)C(O)C(O)C1O)NC(=O)C(O)CCCCCCCCCCCCCCCC. The first-order valence-electron chi connectivity index (χ1n) is 23.8. The fourth-order valence-corrected chi connectivity index (χ4v) is 7.87. The Morgan fingerprint density at radius 3 is 1.27 bits per heavy atom. The van der Waals surface area contributed by atoms with Crippen LogP contribution in [0.2, 0.25) is 0 Å². The number of unbranched alkanes of at least 4 members (excludes halogenated alkanes) is 29. The lowest BCUT2D eigenvalue weighted by molar-refractivity contribution is -0.302. The van der Waals surface area contributed by atoms with Crippen molar-refractivity contribution >= 4 is 5.91 Å². The van der Waals surface area contributed by atoms with E-state index in [2.05, 4.69) is 19.2 Å². The topological polar surface area (TPSA) is 169 Å². The van der Waals surface area contributed by atoms with Gasteiger partial charge in [0.05, 0.1) is 25.4 Å². The molecule has 0 bridgehead atoms. The van der Waals surface area contributed by atoms with Crippen LogP contribution in [0.3, 0.4) is 0 Å². The molecular formula is C46H91NO9.